The molecule has 2 N–H and O–H groups in total. The predicted molar refractivity (Wildman–Crippen MR) is 69.0 cm³/mol. The smallest absolute Gasteiger partial charge is 0.329 e. The van der Waals surface area contributed by atoms with Gasteiger partial charge in [-0.3, -0.25) is 4.90 Å². The van der Waals surface area contributed by atoms with Crippen LogP contribution in [-0.4, -0.2) is 30.2 Å². The lowest BCUT2D eigenvalue weighted by molar-refractivity contribution is -0.152. The van der Waals surface area contributed by atoms with E-state index in [1.807, 2.05) is 0 Å². The number of benzene rings is 1. The number of hydrogen-bond donors (Lipinski definition) is 1. The molecule has 1 aliphatic rings. The highest BCUT2D eigenvalue weighted by Crippen LogP contribution is 2.36. The van der Waals surface area contributed by atoms with Gasteiger partial charge >= 0.3 is 6.18 Å². The van der Waals surface area contributed by atoms with Crippen LogP contribution in [0.1, 0.15) is 24.4 Å². The number of rotatable bonds is 5. The summed E-state index contributed by atoms with van der Waals surface area (Å²) in [6.07, 6.45) is -2.59. The lowest BCUT2D eigenvalue weighted by Gasteiger charge is -2.32. The lowest BCUT2D eigenvalue weighted by Crippen LogP contribution is -2.41. The van der Waals surface area contributed by atoms with E-state index in [-0.39, 0.29) is 12.6 Å². The minimum Gasteiger partial charge on any atom is -0.329 e. The molecule has 0 amide bonds. The molecule has 0 aliphatic heterocycles. The van der Waals surface area contributed by atoms with E-state index in [1.165, 1.54) is 4.90 Å². The average Bonchev–Trinajstić information content (AvgIpc) is 3.13. The zero-order chi connectivity index (χ0) is 14.0. The molecule has 1 fully saturated rings. The van der Waals surface area contributed by atoms with Crippen LogP contribution >= 0.6 is 11.6 Å². The fourth-order valence-electron chi connectivity index (χ4n) is 2.25. The van der Waals surface area contributed by atoms with Gasteiger partial charge in [0.1, 0.15) is 0 Å². The van der Waals surface area contributed by atoms with E-state index < -0.39 is 18.8 Å². The second kappa shape index (κ2) is 5.69. The molecule has 19 heavy (non-hydrogen) atoms. The number of nitrogens with zero attached hydrogens (tertiary/aromatic N) is 1. The number of halogens is 4. The highest BCUT2D eigenvalue weighted by Gasteiger charge is 2.41. The molecule has 0 aromatic heterocycles. The predicted octanol–water partition coefficient (Wildman–Crippen LogP) is 3.37. The van der Waals surface area contributed by atoms with Gasteiger partial charge in [0, 0.05) is 23.7 Å². The van der Waals surface area contributed by atoms with Gasteiger partial charge in [0.15, 0.2) is 0 Å². The molecule has 2 rings (SSSR count). The second-order valence-corrected chi connectivity index (χ2v) is 5.26. The first kappa shape index (κ1) is 14.6. The summed E-state index contributed by atoms with van der Waals surface area (Å²) in [5, 5.41) is 0.563. The summed E-state index contributed by atoms with van der Waals surface area (Å²) in [7, 11) is 0. The summed E-state index contributed by atoms with van der Waals surface area (Å²) in [5.74, 6) is 0. The summed E-state index contributed by atoms with van der Waals surface area (Å²) in [4.78, 5) is 1.46. The Morgan fingerprint density at radius 2 is 1.84 bits per heavy atom. The van der Waals surface area contributed by atoms with E-state index in [2.05, 4.69) is 0 Å². The van der Waals surface area contributed by atoms with Crippen LogP contribution in [0.3, 0.4) is 0 Å². The molecule has 1 atom stereocenters. The SMILES string of the molecule is NCC(c1ccc(Cl)cc1)N(CC(F)(F)F)C1CC1. The van der Waals surface area contributed by atoms with Gasteiger partial charge in [-0.25, -0.2) is 0 Å². The normalized spacial score (nSPS) is 17.8. The van der Waals surface area contributed by atoms with Gasteiger partial charge in [0.2, 0.25) is 0 Å². The zero-order valence-electron chi connectivity index (χ0n) is 10.3. The molecule has 0 saturated heterocycles. The topological polar surface area (TPSA) is 29.3 Å². The third-order valence-electron chi connectivity index (χ3n) is 3.26. The van der Waals surface area contributed by atoms with Gasteiger partial charge in [-0.1, -0.05) is 23.7 Å². The van der Waals surface area contributed by atoms with Crippen molar-refractivity contribution in [2.45, 2.75) is 31.1 Å². The van der Waals surface area contributed by atoms with E-state index in [0.717, 1.165) is 18.4 Å². The van der Waals surface area contributed by atoms with Crippen molar-refractivity contribution in [3.8, 4) is 0 Å². The van der Waals surface area contributed by atoms with Gasteiger partial charge < -0.3 is 5.73 Å². The van der Waals surface area contributed by atoms with Gasteiger partial charge in [-0.2, -0.15) is 13.2 Å². The highest BCUT2D eigenvalue weighted by atomic mass is 35.5. The van der Waals surface area contributed by atoms with E-state index >= 15 is 0 Å². The summed E-state index contributed by atoms with van der Waals surface area (Å²) < 4.78 is 38.0. The van der Waals surface area contributed by atoms with Crippen molar-refractivity contribution in [1.82, 2.24) is 4.90 Å². The maximum Gasteiger partial charge on any atom is 0.401 e. The Balaban J connectivity index is 2.19. The van der Waals surface area contributed by atoms with Crippen LogP contribution in [0.4, 0.5) is 13.2 Å². The Morgan fingerprint density at radius 3 is 2.26 bits per heavy atom. The van der Waals surface area contributed by atoms with E-state index in [1.54, 1.807) is 24.3 Å². The van der Waals surface area contributed by atoms with Crippen molar-refractivity contribution in [2.75, 3.05) is 13.1 Å². The Hall–Kier alpha value is -0.780. The number of hydrogen-bond acceptors (Lipinski definition) is 2. The van der Waals surface area contributed by atoms with Crippen molar-refractivity contribution >= 4 is 11.6 Å². The summed E-state index contributed by atoms with van der Waals surface area (Å²) in [6.45, 7) is -0.754. The van der Waals surface area contributed by atoms with Crippen molar-refractivity contribution in [3.05, 3.63) is 34.9 Å². The Morgan fingerprint density at radius 1 is 1.26 bits per heavy atom. The zero-order valence-corrected chi connectivity index (χ0v) is 11.1. The standard InChI is InChI=1S/C13H16ClF3N2/c14-10-3-1-9(2-4-10)12(7-18)19(11-5-6-11)8-13(15,16)17/h1-4,11-12H,5-8,18H2. The van der Waals surface area contributed by atoms with Gasteiger partial charge in [-0.05, 0) is 30.5 Å². The molecular formula is C13H16ClF3N2. The Labute approximate surface area is 115 Å². The molecule has 0 radical (unpaired) electrons. The summed E-state index contributed by atoms with van der Waals surface area (Å²) in [6, 6.07) is 6.42. The molecule has 0 spiro atoms. The third kappa shape index (κ3) is 4.09. The lowest BCUT2D eigenvalue weighted by atomic mass is 10.1. The van der Waals surface area contributed by atoms with Crippen LogP contribution in [-0.2, 0) is 0 Å². The first-order chi connectivity index (χ1) is 8.90. The second-order valence-electron chi connectivity index (χ2n) is 4.82. The minimum absolute atomic E-state index is 0.00847. The van der Waals surface area contributed by atoms with E-state index in [0.29, 0.717) is 5.02 Å². The van der Waals surface area contributed by atoms with E-state index in [4.69, 9.17) is 17.3 Å². The molecule has 1 aliphatic carbocycles. The van der Waals surface area contributed by atoms with Crippen molar-refractivity contribution in [2.24, 2.45) is 5.73 Å². The van der Waals surface area contributed by atoms with E-state index in [9.17, 15) is 13.2 Å². The summed E-state index contributed by atoms with van der Waals surface area (Å²) in [5.41, 5.74) is 6.47. The molecule has 1 aromatic rings. The minimum atomic E-state index is -4.21. The molecule has 106 valence electrons. The Kier molecular flexibility index (Phi) is 4.38. The number of alkyl halides is 3. The number of nitrogens with two attached hydrogens (primary N) is 1. The largest absolute Gasteiger partial charge is 0.401 e. The third-order valence-corrected chi connectivity index (χ3v) is 3.51. The molecule has 2 nitrogen and oxygen atoms in total. The Bertz CT molecular complexity index is 415. The molecule has 1 saturated carbocycles. The van der Waals surface area contributed by atoms with Crippen molar-refractivity contribution < 1.29 is 13.2 Å². The fourth-order valence-corrected chi connectivity index (χ4v) is 2.38. The van der Waals surface area contributed by atoms with Gasteiger partial charge in [0.05, 0.1) is 6.54 Å². The van der Waals surface area contributed by atoms with Crippen molar-refractivity contribution in [3.63, 3.8) is 0 Å². The first-order valence-corrected chi connectivity index (χ1v) is 6.56. The van der Waals surface area contributed by atoms with Crippen LogP contribution in [0.25, 0.3) is 0 Å². The first-order valence-electron chi connectivity index (χ1n) is 6.19. The van der Waals surface area contributed by atoms with Crippen LogP contribution in [0.5, 0.6) is 0 Å². The maximum absolute atomic E-state index is 12.7. The summed E-state index contributed by atoms with van der Waals surface area (Å²) >= 11 is 5.80. The quantitative estimate of drug-likeness (QED) is 0.901. The van der Waals surface area contributed by atoms with Gasteiger partial charge in [-0.15, -0.1) is 0 Å². The average molecular weight is 293 g/mol. The monoisotopic (exact) mass is 292 g/mol. The highest BCUT2D eigenvalue weighted by molar-refractivity contribution is 6.30. The van der Waals surface area contributed by atoms with Crippen LogP contribution < -0.4 is 5.73 Å². The molecule has 0 bridgehead atoms. The molecule has 6 heteroatoms. The molecule has 0 heterocycles. The van der Waals surface area contributed by atoms with Crippen molar-refractivity contribution in [1.29, 1.82) is 0 Å². The fraction of sp³-hybridized carbons (Fsp3) is 0.538. The molecular weight excluding hydrogens is 277 g/mol. The van der Waals surface area contributed by atoms with Crippen LogP contribution in [0.2, 0.25) is 5.02 Å². The molecule has 1 unspecified atom stereocenters. The van der Waals surface area contributed by atoms with Crippen LogP contribution in [0.15, 0.2) is 24.3 Å². The molecule has 1 aromatic carbocycles. The van der Waals surface area contributed by atoms with Gasteiger partial charge in [0.25, 0.3) is 0 Å². The van der Waals surface area contributed by atoms with Crippen LogP contribution in [0, 0.1) is 0 Å². The maximum atomic E-state index is 12.7.